The van der Waals surface area contributed by atoms with Gasteiger partial charge in [-0.05, 0) is 36.1 Å². The summed E-state index contributed by atoms with van der Waals surface area (Å²) in [6, 6.07) is 12.3. The lowest BCUT2D eigenvalue weighted by atomic mass is 9.90. The van der Waals surface area contributed by atoms with Crippen LogP contribution in [0.25, 0.3) is 0 Å². The third-order valence-corrected chi connectivity index (χ3v) is 4.91. The number of ketones is 1. The fraction of sp³-hybridized carbons (Fsp3) is 0.286. The van der Waals surface area contributed by atoms with Gasteiger partial charge in [-0.3, -0.25) is 14.5 Å². The predicted molar refractivity (Wildman–Crippen MR) is 98.9 cm³/mol. The summed E-state index contributed by atoms with van der Waals surface area (Å²) in [5.41, 5.74) is 0.340. The molecule has 1 saturated heterocycles. The molecule has 2 aromatic rings. The monoisotopic (exact) mass is 368 g/mol. The maximum atomic E-state index is 13.8. The van der Waals surface area contributed by atoms with Crippen LogP contribution in [0.5, 0.6) is 0 Å². The zero-order chi connectivity index (χ0) is 19.8. The van der Waals surface area contributed by atoms with E-state index in [9.17, 15) is 18.8 Å². The van der Waals surface area contributed by atoms with E-state index in [1.54, 1.807) is 19.1 Å². The quantitative estimate of drug-likeness (QED) is 0.648. The maximum absolute atomic E-state index is 13.8. The van der Waals surface area contributed by atoms with Gasteiger partial charge in [0.1, 0.15) is 11.4 Å². The van der Waals surface area contributed by atoms with E-state index < -0.39 is 35.6 Å². The average molecular weight is 368 g/mol. The molecular formula is C21H21FN2O3. The van der Waals surface area contributed by atoms with Crippen LogP contribution >= 0.6 is 0 Å². The van der Waals surface area contributed by atoms with Crippen molar-refractivity contribution in [1.29, 1.82) is 0 Å². The molecule has 3 rings (SSSR count). The lowest BCUT2D eigenvalue weighted by Crippen LogP contribution is -2.41. The van der Waals surface area contributed by atoms with Crippen LogP contribution < -0.4 is 5.32 Å². The van der Waals surface area contributed by atoms with Crippen molar-refractivity contribution in [3.05, 3.63) is 71.0 Å². The van der Waals surface area contributed by atoms with Crippen LogP contribution in [0.2, 0.25) is 0 Å². The van der Waals surface area contributed by atoms with E-state index in [1.165, 1.54) is 24.3 Å². The van der Waals surface area contributed by atoms with Crippen molar-refractivity contribution >= 4 is 17.7 Å². The Morgan fingerprint density at radius 2 is 1.74 bits per heavy atom. The van der Waals surface area contributed by atoms with Gasteiger partial charge < -0.3 is 5.32 Å². The van der Waals surface area contributed by atoms with Gasteiger partial charge in [-0.25, -0.2) is 9.18 Å². The molecule has 1 aliphatic heterocycles. The van der Waals surface area contributed by atoms with E-state index in [1.807, 2.05) is 12.1 Å². The summed E-state index contributed by atoms with van der Waals surface area (Å²) in [5.74, 6) is -1.50. The molecule has 0 aromatic heterocycles. The number of Topliss-reactive ketones (excluding diaryl/α,β-unsaturated/α-hetero) is 1. The van der Waals surface area contributed by atoms with Crippen LogP contribution in [0.15, 0.2) is 48.5 Å². The summed E-state index contributed by atoms with van der Waals surface area (Å²) in [7, 11) is 0. The summed E-state index contributed by atoms with van der Waals surface area (Å²) < 4.78 is 13.8. The number of hydrogen-bond acceptors (Lipinski definition) is 3. The van der Waals surface area contributed by atoms with Crippen molar-refractivity contribution in [2.75, 3.05) is 6.54 Å². The minimum absolute atomic E-state index is 0.145. The second kappa shape index (κ2) is 6.95. The van der Waals surface area contributed by atoms with E-state index in [0.29, 0.717) is 11.5 Å². The Morgan fingerprint density at radius 3 is 2.33 bits per heavy atom. The lowest BCUT2D eigenvalue weighted by Gasteiger charge is -2.22. The average Bonchev–Trinajstić information content (AvgIpc) is 2.86. The highest BCUT2D eigenvalue weighted by molar-refractivity contribution is 6.11. The van der Waals surface area contributed by atoms with Gasteiger partial charge in [-0.15, -0.1) is 0 Å². The molecule has 1 aliphatic rings. The van der Waals surface area contributed by atoms with Gasteiger partial charge in [0.2, 0.25) is 0 Å². The van der Waals surface area contributed by atoms with Gasteiger partial charge in [0.25, 0.3) is 5.91 Å². The molecule has 0 unspecified atom stereocenters. The summed E-state index contributed by atoms with van der Waals surface area (Å²) in [5, 5.41) is 2.66. The molecule has 3 amide bonds. The summed E-state index contributed by atoms with van der Waals surface area (Å²) in [4.78, 5) is 38.5. The van der Waals surface area contributed by atoms with Crippen LogP contribution in [0.3, 0.4) is 0 Å². The molecular weight excluding hydrogens is 347 g/mol. The number of hydrogen-bond donors (Lipinski definition) is 1. The summed E-state index contributed by atoms with van der Waals surface area (Å²) in [6.45, 7) is 5.22. The predicted octanol–water partition coefficient (Wildman–Crippen LogP) is 3.60. The first-order valence-corrected chi connectivity index (χ1v) is 8.76. The zero-order valence-corrected chi connectivity index (χ0v) is 15.5. The van der Waals surface area contributed by atoms with Gasteiger partial charge in [0.15, 0.2) is 5.78 Å². The molecule has 0 spiro atoms. The standard InChI is InChI=1S/C21H21FN2O3/c1-13(2)14-8-10-15(11-9-14)21(3)19(26)24(20(27)23-21)12-18(25)16-6-4-5-7-17(16)22/h4-11,13H,12H2,1-3H3,(H,23,27)/t21-/m0/s1. The molecule has 0 aliphatic carbocycles. The smallest absolute Gasteiger partial charge is 0.319 e. The first kappa shape index (κ1) is 18.8. The van der Waals surface area contributed by atoms with E-state index >= 15 is 0 Å². The molecule has 2 aromatic carbocycles. The van der Waals surface area contributed by atoms with Gasteiger partial charge in [-0.1, -0.05) is 50.2 Å². The van der Waals surface area contributed by atoms with Crippen LogP contribution in [0, 0.1) is 5.82 Å². The van der Waals surface area contributed by atoms with Crippen molar-refractivity contribution in [1.82, 2.24) is 10.2 Å². The highest BCUT2D eigenvalue weighted by Gasteiger charge is 2.49. The first-order valence-electron chi connectivity index (χ1n) is 8.76. The second-order valence-corrected chi connectivity index (χ2v) is 7.13. The molecule has 0 bridgehead atoms. The van der Waals surface area contributed by atoms with Crippen LogP contribution in [0.1, 0.15) is 48.2 Å². The van der Waals surface area contributed by atoms with Gasteiger partial charge >= 0.3 is 6.03 Å². The fourth-order valence-corrected chi connectivity index (χ4v) is 3.15. The third kappa shape index (κ3) is 3.35. The minimum atomic E-state index is -1.26. The number of urea groups is 1. The first-order chi connectivity index (χ1) is 12.7. The van der Waals surface area contributed by atoms with Crippen molar-refractivity contribution in [3.8, 4) is 0 Å². The second-order valence-electron chi connectivity index (χ2n) is 7.13. The molecule has 1 atom stereocenters. The number of carbonyl (C=O) groups is 3. The van der Waals surface area contributed by atoms with E-state index in [0.717, 1.165) is 10.5 Å². The normalized spacial score (nSPS) is 19.5. The molecule has 1 heterocycles. The fourth-order valence-electron chi connectivity index (χ4n) is 3.15. The van der Waals surface area contributed by atoms with Crippen molar-refractivity contribution in [3.63, 3.8) is 0 Å². The number of nitrogens with zero attached hydrogens (tertiary/aromatic N) is 1. The van der Waals surface area contributed by atoms with Gasteiger partial charge in [-0.2, -0.15) is 0 Å². The van der Waals surface area contributed by atoms with E-state index in [-0.39, 0.29) is 5.56 Å². The molecule has 27 heavy (non-hydrogen) atoms. The Hall–Kier alpha value is -3.02. The van der Waals surface area contributed by atoms with Crippen LogP contribution in [-0.2, 0) is 10.3 Å². The molecule has 5 nitrogen and oxygen atoms in total. The zero-order valence-electron chi connectivity index (χ0n) is 15.5. The van der Waals surface area contributed by atoms with Crippen LogP contribution in [0.4, 0.5) is 9.18 Å². The van der Waals surface area contributed by atoms with Crippen molar-refractivity contribution in [2.24, 2.45) is 0 Å². The number of carbonyl (C=O) groups excluding carboxylic acids is 3. The molecule has 0 radical (unpaired) electrons. The Kier molecular flexibility index (Phi) is 4.83. The van der Waals surface area contributed by atoms with Gasteiger partial charge in [0.05, 0.1) is 12.1 Å². The lowest BCUT2D eigenvalue weighted by molar-refractivity contribution is -0.130. The third-order valence-electron chi connectivity index (χ3n) is 4.91. The van der Waals surface area contributed by atoms with Crippen LogP contribution in [-0.4, -0.2) is 29.2 Å². The molecule has 140 valence electrons. The molecule has 6 heteroatoms. The minimum Gasteiger partial charge on any atom is -0.319 e. The number of imide groups is 1. The maximum Gasteiger partial charge on any atom is 0.325 e. The number of nitrogens with one attached hydrogen (secondary N) is 1. The summed E-state index contributed by atoms with van der Waals surface area (Å²) >= 11 is 0. The Bertz CT molecular complexity index is 908. The van der Waals surface area contributed by atoms with Crippen molar-refractivity contribution in [2.45, 2.75) is 32.2 Å². The molecule has 1 fully saturated rings. The number of benzene rings is 2. The largest absolute Gasteiger partial charge is 0.325 e. The highest BCUT2D eigenvalue weighted by atomic mass is 19.1. The van der Waals surface area contributed by atoms with Gasteiger partial charge in [0, 0.05) is 0 Å². The molecule has 0 saturated carbocycles. The SMILES string of the molecule is CC(C)c1ccc([C@]2(C)NC(=O)N(CC(=O)c3ccccc3F)C2=O)cc1. The Balaban J connectivity index is 1.84. The van der Waals surface area contributed by atoms with E-state index in [2.05, 4.69) is 19.2 Å². The Labute approximate surface area is 157 Å². The Morgan fingerprint density at radius 1 is 1.11 bits per heavy atom. The number of amides is 3. The summed E-state index contributed by atoms with van der Waals surface area (Å²) in [6.07, 6.45) is 0. The van der Waals surface area contributed by atoms with Crippen molar-refractivity contribution < 1.29 is 18.8 Å². The highest BCUT2D eigenvalue weighted by Crippen LogP contribution is 2.30. The van der Waals surface area contributed by atoms with E-state index in [4.69, 9.17) is 0 Å². The number of halogens is 1. The topological polar surface area (TPSA) is 66.5 Å². The number of rotatable bonds is 5. The molecule has 1 N–H and O–H groups in total.